The van der Waals surface area contributed by atoms with Gasteiger partial charge in [-0.2, -0.15) is 0 Å². The molecule has 0 saturated carbocycles. The molecule has 90 valence electrons. The predicted molar refractivity (Wildman–Crippen MR) is 77.1 cm³/mol. The van der Waals surface area contributed by atoms with Gasteiger partial charge in [0.1, 0.15) is 5.76 Å². The van der Waals surface area contributed by atoms with E-state index in [1.807, 2.05) is 18.2 Å². The van der Waals surface area contributed by atoms with Crippen LogP contribution in [0.1, 0.15) is 11.3 Å². The fraction of sp³-hybridized carbons (Fsp3) is 0. The standard InChI is InChI=1S/C13H7Br2NO2/c14-7-4-9-10(6-8-2-1-3-18-8)13(17)16-12(9)11(15)5-7/h1-6H,(H,16,17). The van der Waals surface area contributed by atoms with Gasteiger partial charge < -0.3 is 9.73 Å². The normalized spacial score (nSPS) is 15.9. The van der Waals surface area contributed by atoms with Crippen LogP contribution in [0.25, 0.3) is 11.6 Å². The van der Waals surface area contributed by atoms with E-state index in [1.165, 1.54) is 0 Å². The lowest BCUT2D eigenvalue weighted by Gasteiger charge is -2.02. The first-order valence-electron chi connectivity index (χ1n) is 5.21. The maximum Gasteiger partial charge on any atom is 0.256 e. The van der Waals surface area contributed by atoms with Gasteiger partial charge in [-0.15, -0.1) is 0 Å². The molecule has 0 radical (unpaired) electrons. The SMILES string of the molecule is O=C1Nc2c(Br)cc(Br)cc2C1=Cc1ccco1. The van der Waals surface area contributed by atoms with E-state index in [0.717, 1.165) is 20.2 Å². The van der Waals surface area contributed by atoms with Crippen LogP contribution >= 0.6 is 31.9 Å². The maximum atomic E-state index is 12.0. The average Bonchev–Trinajstić information content (AvgIpc) is 2.91. The fourth-order valence-corrected chi connectivity index (χ4v) is 3.20. The Hall–Kier alpha value is -1.33. The molecule has 5 heteroatoms. The van der Waals surface area contributed by atoms with E-state index in [1.54, 1.807) is 18.4 Å². The molecule has 1 aromatic carbocycles. The summed E-state index contributed by atoms with van der Waals surface area (Å²) in [5.41, 5.74) is 2.25. The van der Waals surface area contributed by atoms with E-state index in [9.17, 15) is 4.79 Å². The second-order valence-electron chi connectivity index (χ2n) is 3.84. The van der Waals surface area contributed by atoms with E-state index < -0.39 is 0 Å². The molecule has 2 aromatic rings. The van der Waals surface area contributed by atoms with Gasteiger partial charge in [0.05, 0.1) is 17.5 Å². The molecular formula is C13H7Br2NO2. The summed E-state index contributed by atoms with van der Waals surface area (Å²) in [5, 5.41) is 2.84. The molecule has 0 aliphatic carbocycles. The lowest BCUT2D eigenvalue weighted by Crippen LogP contribution is -2.03. The Bertz CT molecular complexity index is 660. The number of nitrogens with one attached hydrogen (secondary N) is 1. The summed E-state index contributed by atoms with van der Waals surface area (Å²) in [6.45, 7) is 0. The average molecular weight is 369 g/mol. The minimum Gasteiger partial charge on any atom is -0.465 e. The van der Waals surface area contributed by atoms with Crippen molar-refractivity contribution in [1.82, 2.24) is 0 Å². The summed E-state index contributed by atoms with van der Waals surface area (Å²) >= 11 is 6.86. The molecule has 1 N–H and O–H groups in total. The largest absolute Gasteiger partial charge is 0.465 e. The quantitative estimate of drug-likeness (QED) is 0.762. The van der Waals surface area contributed by atoms with E-state index >= 15 is 0 Å². The van der Waals surface area contributed by atoms with Gasteiger partial charge in [0, 0.05) is 14.5 Å². The number of fused-ring (bicyclic) bond motifs is 1. The van der Waals surface area contributed by atoms with Crippen molar-refractivity contribution < 1.29 is 9.21 Å². The first-order chi connectivity index (χ1) is 8.65. The number of furan rings is 1. The molecule has 1 aliphatic heterocycles. The van der Waals surface area contributed by atoms with Gasteiger partial charge in [0.2, 0.25) is 0 Å². The Balaban J connectivity index is 2.18. The summed E-state index contributed by atoms with van der Waals surface area (Å²) in [4.78, 5) is 12.0. The topological polar surface area (TPSA) is 42.2 Å². The molecule has 3 rings (SSSR count). The van der Waals surface area contributed by atoms with Crippen molar-refractivity contribution in [1.29, 1.82) is 0 Å². The molecule has 0 fully saturated rings. The van der Waals surface area contributed by atoms with Crippen molar-refractivity contribution in [3.8, 4) is 0 Å². The fourth-order valence-electron chi connectivity index (χ4n) is 1.88. The number of rotatable bonds is 1. The Morgan fingerprint density at radius 3 is 2.83 bits per heavy atom. The number of carbonyl (C=O) groups excluding carboxylic acids is 1. The van der Waals surface area contributed by atoms with Crippen molar-refractivity contribution in [2.24, 2.45) is 0 Å². The van der Waals surface area contributed by atoms with Gasteiger partial charge in [-0.3, -0.25) is 4.79 Å². The first kappa shape index (κ1) is 11.7. The number of benzene rings is 1. The van der Waals surface area contributed by atoms with Gasteiger partial charge in [-0.1, -0.05) is 15.9 Å². The van der Waals surface area contributed by atoms with Crippen LogP contribution in [0.5, 0.6) is 0 Å². The molecule has 2 heterocycles. The molecule has 1 aromatic heterocycles. The maximum absolute atomic E-state index is 12.0. The van der Waals surface area contributed by atoms with Crippen molar-refractivity contribution >= 4 is 55.1 Å². The van der Waals surface area contributed by atoms with Gasteiger partial charge in [-0.05, 0) is 46.3 Å². The van der Waals surface area contributed by atoms with Crippen LogP contribution in [-0.2, 0) is 4.79 Å². The van der Waals surface area contributed by atoms with Crippen LogP contribution in [0.2, 0.25) is 0 Å². The third kappa shape index (κ3) is 1.93. The highest BCUT2D eigenvalue weighted by atomic mass is 79.9. The van der Waals surface area contributed by atoms with Gasteiger partial charge >= 0.3 is 0 Å². The van der Waals surface area contributed by atoms with Crippen LogP contribution < -0.4 is 5.32 Å². The second-order valence-corrected chi connectivity index (χ2v) is 5.61. The highest BCUT2D eigenvalue weighted by Crippen LogP contribution is 2.40. The van der Waals surface area contributed by atoms with Gasteiger partial charge in [-0.25, -0.2) is 0 Å². The molecule has 0 unspecified atom stereocenters. The Morgan fingerprint density at radius 2 is 2.11 bits per heavy atom. The van der Waals surface area contributed by atoms with E-state index in [4.69, 9.17) is 4.42 Å². The summed E-state index contributed by atoms with van der Waals surface area (Å²) in [5.74, 6) is 0.532. The molecule has 1 aliphatic rings. The van der Waals surface area contributed by atoms with Gasteiger partial charge in [0.25, 0.3) is 5.91 Å². The van der Waals surface area contributed by atoms with E-state index in [2.05, 4.69) is 37.2 Å². The van der Waals surface area contributed by atoms with Gasteiger partial charge in [0.15, 0.2) is 0 Å². The van der Waals surface area contributed by atoms with Crippen LogP contribution in [0.4, 0.5) is 5.69 Å². The number of carbonyl (C=O) groups is 1. The molecule has 18 heavy (non-hydrogen) atoms. The van der Waals surface area contributed by atoms with Crippen LogP contribution in [0.15, 0.2) is 43.9 Å². The third-order valence-electron chi connectivity index (χ3n) is 2.66. The molecule has 0 atom stereocenters. The minimum atomic E-state index is -0.125. The minimum absolute atomic E-state index is 0.125. The second kappa shape index (κ2) is 4.40. The van der Waals surface area contributed by atoms with Crippen molar-refractivity contribution in [3.63, 3.8) is 0 Å². The summed E-state index contributed by atoms with van der Waals surface area (Å²) in [6, 6.07) is 7.41. The zero-order chi connectivity index (χ0) is 12.7. The predicted octanol–water partition coefficient (Wildman–Crippen LogP) is 4.30. The van der Waals surface area contributed by atoms with Crippen molar-refractivity contribution in [2.45, 2.75) is 0 Å². The highest BCUT2D eigenvalue weighted by Gasteiger charge is 2.26. The smallest absolute Gasteiger partial charge is 0.256 e. The van der Waals surface area contributed by atoms with Crippen LogP contribution in [-0.4, -0.2) is 5.91 Å². The number of halogens is 2. The summed E-state index contributed by atoms with van der Waals surface area (Å²) < 4.78 is 7.00. The third-order valence-corrected chi connectivity index (χ3v) is 3.74. The molecule has 0 spiro atoms. The molecule has 0 saturated heterocycles. The summed E-state index contributed by atoms with van der Waals surface area (Å²) in [7, 11) is 0. The Labute approximate surface area is 120 Å². The van der Waals surface area contributed by atoms with Crippen molar-refractivity contribution in [2.75, 3.05) is 5.32 Å². The number of hydrogen-bond donors (Lipinski definition) is 1. The lowest BCUT2D eigenvalue weighted by molar-refractivity contribution is -0.110. The van der Waals surface area contributed by atoms with E-state index in [-0.39, 0.29) is 5.91 Å². The monoisotopic (exact) mass is 367 g/mol. The highest BCUT2D eigenvalue weighted by molar-refractivity contribution is 9.11. The van der Waals surface area contributed by atoms with Crippen LogP contribution in [0, 0.1) is 0 Å². The Morgan fingerprint density at radius 1 is 1.28 bits per heavy atom. The molecule has 0 bridgehead atoms. The zero-order valence-electron chi connectivity index (χ0n) is 9.04. The number of amides is 1. The summed E-state index contributed by atoms with van der Waals surface area (Å²) in [6.07, 6.45) is 3.32. The number of anilines is 1. The van der Waals surface area contributed by atoms with Crippen molar-refractivity contribution in [3.05, 3.63) is 50.8 Å². The molecule has 3 nitrogen and oxygen atoms in total. The van der Waals surface area contributed by atoms with E-state index in [0.29, 0.717) is 11.3 Å². The van der Waals surface area contributed by atoms with Crippen LogP contribution in [0.3, 0.4) is 0 Å². The molecule has 1 amide bonds. The molecular weight excluding hydrogens is 362 g/mol. The zero-order valence-corrected chi connectivity index (χ0v) is 12.2. The Kier molecular flexibility index (Phi) is 2.87. The lowest BCUT2D eigenvalue weighted by atomic mass is 10.1. The first-order valence-corrected chi connectivity index (χ1v) is 6.80. The number of hydrogen-bond acceptors (Lipinski definition) is 2.